The van der Waals surface area contributed by atoms with Crippen LogP contribution in [0.1, 0.15) is 75.0 Å². The number of rotatable bonds is 10. The van der Waals surface area contributed by atoms with Crippen LogP contribution < -0.4 is 14.9 Å². The van der Waals surface area contributed by atoms with Gasteiger partial charge in [0.25, 0.3) is 11.8 Å². The first-order chi connectivity index (χ1) is 21.9. The van der Waals surface area contributed by atoms with Gasteiger partial charge in [0.2, 0.25) is 10.0 Å². The first-order valence-corrected chi connectivity index (χ1v) is 17.2. The van der Waals surface area contributed by atoms with Crippen molar-refractivity contribution < 1.29 is 37.5 Å². The minimum absolute atomic E-state index is 0.0667. The normalized spacial score (nSPS) is 21.4. The second kappa shape index (κ2) is 14.0. The summed E-state index contributed by atoms with van der Waals surface area (Å²) in [6.07, 6.45) is 3.55. The molecule has 1 aliphatic carbocycles. The molecule has 0 bridgehead atoms. The minimum atomic E-state index is -3.64. The fraction of sp³-hybridized carbons (Fsp3) is 0.344. The van der Waals surface area contributed by atoms with Crippen molar-refractivity contribution in [2.24, 2.45) is 0 Å². The van der Waals surface area contributed by atoms with Crippen molar-refractivity contribution in [1.29, 1.82) is 0 Å². The number of aromatic carboxylic acids is 1. The number of hydroxylamine groups is 1. The molecular formula is C32H33Cl2N3O8S. The molecule has 0 radical (unpaired) electrons. The molecule has 2 amide bonds. The smallest absolute Gasteiger partial charge is 0.335 e. The highest BCUT2D eigenvalue weighted by Crippen LogP contribution is 2.48. The Labute approximate surface area is 276 Å². The number of amides is 2. The van der Waals surface area contributed by atoms with Crippen LogP contribution in [0, 0.1) is 0 Å². The Morgan fingerprint density at radius 2 is 1.78 bits per heavy atom. The molecule has 3 aromatic carbocycles. The van der Waals surface area contributed by atoms with Gasteiger partial charge < -0.3 is 14.7 Å². The van der Waals surface area contributed by atoms with Gasteiger partial charge >= 0.3 is 5.97 Å². The average Bonchev–Trinajstić information content (AvgIpc) is 3.00. The summed E-state index contributed by atoms with van der Waals surface area (Å²) >= 11 is 13.0. The van der Waals surface area contributed by atoms with Crippen LogP contribution in [0.4, 0.5) is 0 Å². The Morgan fingerprint density at radius 3 is 2.48 bits per heavy atom. The molecule has 1 aliphatic heterocycles. The van der Waals surface area contributed by atoms with E-state index in [0.29, 0.717) is 40.3 Å². The molecule has 2 aliphatic rings. The maximum absolute atomic E-state index is 14.5. The number of carbonyl (C=O) groups excluding carboxylic acids is 2. The Morgan fingerprint density at radius 1 is 1.02 bits per heavy atom. The van der Waals surface area contributed by atoms with Crippen LogP contribution in [0.25, 0.3) is 0 Å². The van der Waals surface area contributed by atoms with Gasteiger partial charge in [0.15, 0.2) is 0 Å². The van der Waals surface area contributed by atoms with E-state index in [9.17, 15) is 27.9 Å². The molecule has 4 atom stereocenters. The van der Waals surface area contributed by atoms with Crippen LogP contribution in [0.2, 0.25) is 10.0 Å². The zero-order valence-corrected chi connectivity index (χ0v) is 27.4. The predicted molar refractivity (Wildman–Crippen MR) is 171 cm³/mol. The number of hydrogen-bond donors (Lipinski definition) is 3. The quantitative estimate of drug-likeness (QED) is 0.249. The third-order valence-electron chi connectivity index (χ3n) is 8.28. The standard InChI is InChI=1S/C32H33Cl2N3O8S/c1-44-21-11-13-22-24(16-21)28(30(38)35-45-17-18-6-5-7-19(14-18)32(40)41)29(23-12-10-20(33)15-25(23)34)37(31(22)39)27-9-4-3-8-26(27)36-46(2,42)43/h5-7,10-16,26-29,36H,3-4,8-9,17H2,1-2H3,(H,35,38)(H,40,41)/t26-,27-,28+,29-/m0/s1. The number of sulfonamides is 1. The molecule has 1 fully saturated rings. The number of nitrogens with zero attached hydrogens (tertiary/aromatic N) is 1. The third-order valence-corrected chi connectivity index (χ3v) is 9.57. The maximum atomic E-state index is 14.5. The van der Waals surface area contributed by atoms with Crippen LogP contribution in [-0.2, 0) is 26.3 Å². The summed E-state index contributed by atoms with van der Waals surface area (Å²) < 4.78 is 33.0. The van der Waals surface area contributed by atoms with Crippen molar-refractivity contribution in [1.82, 2.24) is 15.1 Å². The van der Waals surface area contributed by atoms with Gasteiger partial charge in [-0.3, -0.25) is 14.4 Å². The first kappa shape index (κ1) is 33.7. The molecule has 0 aromatic heterocycles. The molecule has 46 heavy (non-hydrogen) atoms. The molecule has 0 unspecified atom stereocenters. The van der Waals surface area contributed by atoms with Crippen molar-refractivity contribution >= 4 is 51.0 Å². The summed E-state index contributed by atoms with van der Waals surface area (Å²) in [5.74, 6) is -2.78. The van der Waals surface area contributed by atoms with E-state index >= 15 is 0 Å². The Balaban J connectivity index is 1.61. The molecule has 0 saturated heterocycles. The Kier molecular flexibility index (Phi) is 10.2. The number of methoxy groups -OCH3 is 1. The van der Waals surface area contributed by atoms with Crippen molar-refractivity contribution in [3.63, 3.8) is 0 Å². The molecule has 14 heteroatoms. The van der Waals surface area contributed by atoms with E-state index in [2.05, 4.69) is 10.2 Å². The Hall–Kier alpha value is -3.68. The second-order valence-corrected chi connectivity index (χ2v) is 14.0. The topological polar surface area (TPSA) is 151 Å². The first-order valence-electron chi connectivity index (χ1n) is 14.5. The fourth-order valence-corrected chi connectivity index (χ4v) is 7.68. The van der Waals surface area contributed by atoms with E-state index in [1.54, 1.807) is 47.4 Å². The summed E-state index contributed by atoms with van der Waals surface area (Å²) in [5.41, 5.74) is 4.13. The monoisotopic (exact) mass is 689 g/mol. The number of nitrogens with one attached hydrogen (secondary N) is 2. The number of fused-ring (bicyclic) bond motifs is 1. The summed E-state index contributed by atoms with van der Waals surface area (Å²) in [6.45, 7) is -0.136. The number of carboxylic acids is 1. The number of carboxylic acid groups (broad SMARTS) is 1. The van der Waals surface area contributed by atoms with Crippen LogP contribution in [0.5, 0.6) is 5.75 Å². The van der Waals surface area contributed by atoms with Gasteiger partial charge in [-0.2, -0.15) is 0 Å². The number of ether oxygens (including phenoxy) is 1. The zero-order valence-electron chi connectivity index (χ0n) is 25.0. The van der Waals surface area contributed by atoms with Crippen LogP contribution in [0.15, 0.2) is 60.7 Å². The summed E-state index contributed by atoms with van der Waals surface area (Å²) in [4.78, 5) is 47.3. The van der Waals surface area contributed by atoms with Gasteiger partial charge in [-0.15, -0.1) is 0 Å². The van der Waals surface area contributed by atoms with Gasteiger partial charge in [0.1, 0.15) is 5.75 Å². The van der Waals surface area contributed by atoms with Crippen molar-refractivity contribution in [3.05, 3.63) is 98.5 Å². The largest absolute Gasteiger partial charge is 0.497 e. The molecule has 5 rings (SSSR count). The Bertz CT molecular complexity index is 1770. The lowest BCUT2D eigenvalue weighted by Gasteiger charge is -2.49. The van der Waals surface area contributed by atoms with Gasteiger partial charge in [0, 0.05) is 27.7 Å². The van der Waals surface area contributed by atoms with Gasteiger partial charge in [-0.1, -0.05) is 54.2 Å². The molecule has 1 saturated carbocycles. The molecule has 1 heterocycles. The van der Waals surface area contributed by atoms with E-state index in [1.165, 1.54) is 25.3 Å². The third kappa shape index (κ3) is 7.31. The minimum Gasteiger partial charge on any atom is -0.497 e. The summed E-state index contributed by atoms with van der Waals surface area (Å²) in [7, 11) is -2.17. The van der Waals surface area contributed by atoms with Crippen LogP contribution in [0.3, 0.4) is 0 Å². The van der Waals surface area contributed by atoms with Crippen LogP contribution >= 0.6 is 23.2 Å². The predicted octanol–water partition coefficient (Wildman–Crippen LogP) is 5.09. The number of halogens is 2. The second-order valence-electron chi connectivity index (χ2n) is 11.4. The highest BCUT2D eigenvalue weighted by molar-refractivity contribution is 7.88. The van der Waals surface area contributed by atoms with Gasteiger partial charge in [-0.05, 0) is 72.0 Å². The van der Waals surface area contributed by atoms with E-state index in [4.69, 9.17) is 32.8 Å². The van der Waals surface area contributed by atoms with Crippen molar-refractivity contribution in [2.45, 2.75) is 56.3 Å². The molecule has 244 valence electrons. The maximum Gasteiger partial charge on any atom is 0.335 e. The van der Waals surface area contributed by atoms with Crippen LogP contribution in [-0.4, -0.2) is 61.7 Å². The molecule has 11 nitrogen and oxygen atoms in total. The van der Waals surface area contributed by atoms with E-state index in [1.807, 2.05) is 0 Å². The molecular weight excluding hydrogens is 657 g/mol. The molecule has 0 spiro atoms. The summed E-state index contributed by atoms with van der Waals surface area (Å²) in [6, 6.07) is 13.5. The zero-order chi connectivity index (χ0) is 33.2. The lowest BCUT2D eigenvalue weighted by molar-refractivity contribution is -0.138. The molecule has 3 N–H and O–H groups in total. The SMILES string of the molecule is COc1ccc2c(c1)[C@@H](C(=O)NOCc1cccc(C(=O)O)c1)[C@H](c1ccc(Cl)cc1Cl)N([C@H]1CCCC[C@@H]1NS(C)(=O)=O)C2=O. The van der Waals surface area contributed by atoms with E-state index in [0.717, 1.165) is 19.1 Å². The fourth-order valence-electron chi connectivity index (χ4n) is 6.33. The van der Waals surface area contributed by atoms with Gasteiger partial charge in [0.05, 0.1) is 37.5 Å². The summed E-state index contributed by atoms with van der Waals surface area (Å²) in [5, 5.41) is 9.90. The van der Waals surface area contributed by atoms with Crippen molar-refractivity contribution in [3.8, 4) is 5.75 Å². The number of carbonyl (C=O) groups is 3. The average molecular weight is 691 g/mol. The lowest BCUT2D eigenvalue weighted by atomic mass is 9.76. The highest BCUT2D eigenvalue weighted by Gasteiger charge is 2.49. The number of benzene rings is 3. The lowest BCUT2D eigenvalue weighted by Crippen LogP contribution is -2.59. The van der Waals surface area contributed by atoms with Gasteiger partial charge in [-0.25, -0.2) is 23.4 Å². The highest BCUT2D eigenvalue weighted by atomic mass is 35.5. The molecule has 3 aromatic rings. The van der Waals surface area contributed by atoms with E-state index in [-0.39, 0.29) is 22.8 Å². The van der Waals surface area contributed by atoms with E-state index < -0.39 is 51.9 Å². The number of hydrogen-bond acceptors (Lipinski definition) is 7. The van der Waals surface area contributed by atoms with Crippen molar-refractivity contribution in [2.75, 3.05) is 13.4 Å².